The molecule has 0 aliphatic carbocycles. The van der Waals surface area contributed by atoms with E-state index < -0.39 is 0 Å². The summed E-state index contributed by atoms with van der Waals surface area (Å²) in [6, 6.07) is 8.06. The van der Waals surface area contributed by atoms with Gasteiger partial charge in [-0.15, -0.1) is 0 Å². The van der Waals surface area contributed by atoms with Crippen LogP contribution in [0, 0.1) is 0 Å². The summed E-state index contributed by atoms with van der Waals surface area (Å²) >= 11 is 0. The van der Waals surface area contributed by atoms with Crippen molar-refractivity contribution in [3.63, 3.8) is 0 Å². The highest BCUT2D eigenvalue weighted by molar-refractivity contribution is 5.81. The summed E-state index contributed by atoms with van der Waals surface area (Å²) < 4.78 is 4.99. The molecule has 1 aliphatic heterocycles. The Bertz CT molecular complexity index is 566. The van der Waals surface area contributed by atoms with Gasteiger partial charge in [0.05, 0.1) is 13.2 Å². The van der Waals surface area contributed by atoms with Crippen molar-refractivity contribution in [2.45, 2.75) is 26.7 Å². The van der Waals surface area contributed by atoms with E-state index in [0.29, 0.717) is 38.7 Å². The van der Waals surface area contributed by atoms with Crippen molar-refractivity contribution in [1.82, 2.24) is 9.80 Å². The second kappa shape index (κ2) is 8.57. The molecule has 2 rings (SSSR count). The number of ether oxygens (including phenoxy) is 1. The van der Waals surface area contributed by atoms with Crippen LogP contribution in [0.2, 0.25) is 0 Å². The van der Waals surface area contributed by atoms with Gasteiger partial charge in [0.2, 0.25) is 5.91 Å². The number of nitrogens with zero attached hydrogens (tertiary/aromatic N) is 2. The van der Waals surface area contributed by atoms with Crippen LogP contribution in [-0.2, 0) is 9.53 Å². The Hall–Kier alpha value is -2.24. The molecule has 6 nitrogen and oxygen atoms in total. The number of hydrogen-bond donors (Lipinski definition) is 1. The van der Waals surface area contributed by atoms with Gasteiger partial charge in [0, 0.05) is 31.9 Å². The minimum atomic E-state index is -0.298. The first-order valence-corrected chi connectivity index (χ1v) is 8.55. The van der Waals surface area contributed by atoms with Gasteiger partial charge in [-0.3, -0.25) is 4.79 Å². The molecule has 1 N–H and O–H groups in total. The lowest BCUT2D eigenvalue weighted by Gasteiger charge is -2.34. The van der Waals surface area contributed by atoms with Crippen molar-refractivity contribution in [3.05, 3.63) is 29.8 Å². The smallest absolute Gasteiger partial charge is 0.409 e. The van der Waals surface area contributed by atoms with Crippen LogP contribution in [0.4, 0.5) is 10.5 Å². The van der Waals surface area contributed by atoms with Crippen LogP contribution in [0.5, 0.6) is 0 Å². The largest absolute Gasteiger partial charge is 0.450 e. The second-order valence-corrected chi connectivity index (χ2v) is 6.16. The molecule has 1 saturated heterocycles. The lowest BCUT2D eigenvalue weighted by atomic mass is 10.0. The quantitative estimate of drug-likeness (QED) is 0.899. The number of benzene rings is 1. The van der Waals surface area contributed by atoms with E-state index in [4.69, 9.17) is 4.74 Å². The molecule has 6 heteroatoms. The zero-order valence-corrected chi connectivity index (χ0v) is 14.7. The van der Waals surface area contributed by atoms with Gasteiger partial charge in [0.15, 0.2) is 0 Å². The van der Waals surface area contributed by atoms with Crippen molar-refractivity contribution in [3.8, 4) is 0 Å². The van der Waals surface area contributed by atoms with E-state index in [9.17, 15) is 9.59 Å². The van der Waals surface area contributed by atoms with Crippen LogP contribution >= 0.6 is 0 Å². The lowest BCUT2D eigenvalue weighted by Crippen LogP contribution is -2.51. The van der Waals surface area contributed by atoms with Gasteiger partial charge in [0.25, 0.3) is 0 Å². The van der Waals surface area contributed by atoms with Crippen LogP contribution in [0.3, 0.4) is 0 Å². The zero-order chi connectivity index (χ0) is 17.5. The number of rotatable bonds is 5. The first kappa shape index (κ1) is 18.1. The molecule has 0 unspecified atom stereocenters. The van der Waals surface area contributed by atoms with Gasteiger partial charge in [-0.05, 0) is 24.5 Å². The van der Waals surface area contributed by atoms with E-state index >= 15 is 0 Å². The van der Waals surface area contributed by atoms with Gasteiger partial charge < -0.3 is 19.9 Å². The number of para-hydroxylation sites is 1. The Labute approximate surface area is 143 Å². The molecule has 0 saturated carbocycles. The van der Waals surface area contributed by atoms with Gasteiger partial charge >= 0.3 is 6.09 Å². The van der Waals surface area contributed by atoms with Crippen molar-refractivity contribution >= 4 is 17.7 Å². The fraction of sp³-hybridized carbons (Fsp3) is 0.556. The van der Waals surface area contributed by atoms with Gasteiger partial charge in [-0.25, -0.2) is 4.79 Å². The van der Waals surface area contributed by atoms with E-state index in [1.54, 1.807) is 16.7 Å². The van der Waals surface area contributed by atoms with E-state index in [1.807, 2.05) is 18.2 Å². The molecule has 24 heavy (non-hydrogen) atoms. The predicted octanol–water partition coefficient (Wildman–Crippen LogP) is 2.52. The van der Waals surface area contributed by atoms with Crippen molar-refractivity contribution < 1.29 is 14.3 Å². The number of nitrogens with one attached hydrogen (secondary N) is 1. The van der Waals surface area contributed by atoms with Crippen LogP contribution in [0.25, 0.3) is 0 Å². The molecule has 1 aliphatic rings. The summed E-state index contributed by atoms with van der Waals surface area (Å²) in [4.78, 5) is 27.5. The Morgan fingerprint density at radius 1 is 1.12 bits per heavy atom. The summed E-state index contributed by atoms with van der Waals surface area (Å²) in [6.07, 6.45) is -0.298. The molecule has 1 aromatic rings. The molecular formula is C18H27N3O3. The Kier molecular flexibility index (Phi) is 6.46. The van der Waals surface area contributed by atoms with E-state index in [-0.39, 0.29) is 18.5 Å². The van der Waals surface area contributed by atoms with Crippen LogP contribution in [0.1, 0.15) is 32.3 Å². The van der Waals surface area contributed by atoms with E-state index in [0.717, 1.165) is 5.69 Å². The number of carbonyl (C=O) groups excluding carboxylic acids is 2. The van der Waals surface area contributed by atoms with Crippen LogP contribution in [-0.4, -0.2) is 61.1 Å². The van der Waals surface area contributed by atoms with E-state index in [1.165, 1.54) is 5.56 Å². The third-order valence-electron chi connectivity index (χ3n) is 4.17. The summed E-state index contributed by atoms with van der Waals surface area (Å²) in [5, 5.41) is 3.25. The minimum absolute atomic E-state index is 0.0528. The third-order valence-corrected chi connectivity index (χ3v) is 4.17. The molecule has 132 valence electrons. The average molecular weight is 333 g/mol. The molecule has 1 aromatic carbocycles. The molecule has 0 atom stereocenters. The lowest BCUT2D eigenvalue weighted by molar-refractivity contribution is -0.130. The van der Waals surface area contributed by atoms with Crippen LogP contribution in [0.15, 0.2) is 24.3 Å². The standard InChI is InChI=1S/C18H27N3O3/c1-4-24-18(23)21-11-9-20(10-12-21)17(22)13-19-16-8-6-5-7-15(16)14(2)3/h5-8,14,19H,4,9-13H2,1-3H3. The summed E-state index contributed by atoms with van der Waals surface area (Å²) in [7, 11) is 0. The number of amides is 2. The third kappa shape index (κ3) is 4.63. The molecule has 0 aromatic heterocycles. The number of carbonyl (C=O) groups is 2. The highest BCUT2D eigenvalue weighted by Gasteiger charge is 2.24. The number of hydrogen-bond acceptors (Lipinski definition) is 4. The van der Waals surface area contributed by atoms with E-state index in [2.05, 4.69) is 25.2 Å². The molecule has 1 heterocycles. The SMILES string of the molecule is CCOC(=O)N1CCN(C(=O)CNc2ccccc2C(C)C)CC1. The maximum atomic E-state index is 12.4. The van der Waals surface area contributed by atoms with Gasteiger partial charge in [-0.1, -0.05) is 32.0 Å². The predicted molar refractivity (Wildman–Crippen MR) is 94.2 cm³/mol. The fourth-order valence-corrected chi connectivity index (χ4v) is 2.80. The normalized spacial score (nSPS) is 14.7. The highest BCUT2D eigenvalue weighted by atomic mass is 16.6. The van der Waals surface area contributed by atoms with Gasteiger partial charge in [-0.2, -0.15) is 0 Å². The molecule has 1 fully saturated rings. The second-order valence-electron chi connectivity index (χ2n) is 6.16. The Morgan fingerprint density at radius 2 is 1.75 bits per heavy atom. The molecule has 0 spiro atoms. The number of piperazine rings is 1. The van der Waals surface area contributed by atoms with Crippen molar-refractivity contribution in [2.75, 3.05) is 44.6 Å². The van der Waals surface area contributed by atoms with Crippen molar-refractivity contribution in [2.24, 2.45) is 0 Å². The summed E-state index contributed by atoms with van der Waals surface area (Å²) in [6.45, 7) is 8.84. The molecule has 0 radical (unpaired) electrons. The Balaban J connectivity index is 1.83. The first-order chi connectivity index (χ1) is 11.5. The zero-order valence-electron chi connectivity index (χ0n) is 14.7. The van der Waals surface area contributed by atoms with Crippen LogP contribution < -0.4 is 5.32 Å². The Morgan fingerprint density at radius 3 is 2.38 bits per heavy atom. The maximum absolute atomic E-state index is 12.4. The topological polar surface area (TPSA) is 61.9 Å². The first-order valence-electron chi connectivity index (χ1n) is 8.55. The highest BCUT2D eigenvalue weighted by Crippen LogP contribution is 2.23. The summed E-state index contributed by atoms with van der Waals surface area (Å²) in [5.74, 6) is 0.453. The van der Waals surface area contributed by atoms with Gasteiger partial charge in [0.1, 0.15) is 0 Å². The minimum Gasteiger partial charge on any atom is -0.450 e. The number of anilines is 1. The fourth-order valence-electron chi connectivity index (χ4n) is 2.80. The monoisotopic (exact) mass is 333 g/mol. The molecule has 0 bridgehead atoms. The maximum Gasteiger partial charge on any atom is 0.409 e. The average Bonchev–Trinajstić information content (AvgIpc) is 2.60. The molecular weight excluding hydrogens is 306 g/mol. The van der Waals surface area contributed by atoms with Crippen molar-refractivity contribution in [1.29, 1.82) is 0 Å². The molecule has 2 amide bonds. The summed E-state index contributed by atoms with van der Waals surface area (Å²) in [5.41, 5.74) is 2.21.